The quantitative estimate of drug-likeness (QED) is 0.831. The molecule has 4 heteroatoms. The Labute approximate surface area is 120 Å². The lowest BCUT2D eigenvalue weighted by atomic mass is 9.89. The highest BCUT2D eigenvalue weighted by atomic mass is 16.5. The second-order valence-electron chi connectivity index (χ2n) is 5.94. The van der Waals surface area contributed by atoms with Gasteiger partial charge in [0.05, 0.1) is 0 Å². The van der Waals surface area contributed by atoms with Crippen molar-refractivity contribution in [1.29, 1.82) is 0 Å². The lowest BCUT2D eigenvalue weighted by molar-refractivity contribution is -0.116. The third-order valence-electron chi connectivity index (χ3n) is 3.51. The van der Waals surface area contributed by atoms with Crippen LogP contribution < -0.4 is 10.1 Å². The molecule has 0 radical (unpaired) electrons. The van der Waals surface area contributed by atoms with Crippen LogP contribution in [0.2, 0.25) is 0 Å². The van der Waals surface area contributed by atoms with Crippen molar-refractivity contribution in [3.05, 3.63) is 23.9 Å². The zero-order valence-corrected chi connectivity index (χ0v) is 12.6. The number of rotatable bonds is 7. The van der Waals surface area contributed by atoms with E-state index >= 15 is 0 Å². The molecule has 0 saturated heterocycles. The highest BCUT2D eigenvalue weighted by Gasteiger charge is 2.31. The molecule has 1 heterocycles. The Morgan fingerprint density at radius 2 is 2.20 bits per heavy atom. The number of ether oxygens (including phenoxy) is 1. The van der Waals surface area contributed by atoms with E-state index in [1.807, 2.05) is 12.1 Å². The Morgan fingerprint density at radius 3 is 2.75 bits per heavy atom. The Bertz CT molecular complexity index is 436. The highest BCUT2D eigenvalue weighted by molar-refractivity contribution is 5.75. The van der Waals surface area contributed by atoms with Crippen LogP contribution in [0.5, 0.6) is 5.88 Å². The number of hydrogen-bond acceptors (Lipinski definition) is 4. The minimum atomic E-state index is 0.212. The predicted octanol–water partition coefficient (Wildman–Crippen LogP) is 2.51. The van der Waals surface area contributed by atoms with Crippen LogP contribution in [-0.2, 0) is 11.2 Å². The molecule has 1 aromatic heterocycles. The van der Waals surface area contributed by atoms with Crippen LogP contribution in [0.15, 0.2) is 18.3 Å². The molecule has 0 atom stereocenters. The summed E-state index contributed by atoms with van der Waals surface area (Å²) < 4.78 is 5.82. The average Bonchev–Trinajstić information content (AvgIpc) is 2.34. The number of aromatic nitrogens is 1. The van der Waals surface area contributed by atoms with E-state index in [0.717, 1.165) is 24.8 Å². The molecule has 2 rings (SSSR count). The fourth-order valence-electron chi connectivity index (χ4n) is 2.39. The fraction of sp³-hybridized carbons (Fsp3) is 0.625. The van der Waals surface area contributed by atoms with Gasteiger partial charge in [0.1, 0.15) is 11.9 Å². The predicted molar refractivity (Wildman–Crippen MR) is 78.9 cm³/mol. The van der Waals surface area contributed by atoms with Gasteiger partial charge < -0.3 is 14.8 Å². The van der Waals surface area contributed by atoms with Gasteiger partial charge in [-0.15, -0.1) is 0 Å². The largest absolute Gasteiger partial charge is 0.474 e. The van der Waals surface area contributed by atoms with Crippen molar-refractivity contribution in [2.45, 2.75) is 64.6 Å². The first-order chi connectivity index (χ1) is 9.52. The summed E-state index contributed by atoms with van der Waals surface area (Å²) in [5.41, 5.74) is 1.08. The molecule has 0 bridgehead atoms. The van der Waals surface area contributed by atoms with E-state index in [0.29, 0.717) is 24.4 Å². The van der Waals surface area contributed by atoms with Crippen LogP contribution in [0.4, 0.5) is 0 Å². The number of hydrogen-bond donors (Lipinski definition) is 1. The van der Waals surface area contributed by atoms with Gasteiger partial charge in [0, 0.05) is 30.8 Å². The van der Waals surface area contributed by atoms with E-state index in [1.54, 1.807) is 13.1 Å². The summed E-state index contributed by atoms with van der Waals surface area (Å²) in [4.78, 5) is 15.2. The van der Waals surface area contributed by atoms with Crippen LogP contribution in [0, 0.1) is 0 Å². The zero-order chi connectivity index (χ0) is 14.5. The van der Waals surface area contributed by atoms with Crippen molar-refractivity contribution < 1.29 is 9.53 Å². The molecule has 0 aromatic carbocycles. The molecule has 110 valence electrons. The zero-order valence-electron chi connectivity index (χ0n) is 12.6. The normalized spacial score (nSPS) is 21.6. The minimum absolute atomic E-state index is 0.212. The van der Waals surface area contributed by atoms with Crippen LogP contribution in [-0.4, -0.2) is 29.0 Å². The molecule has 1 fully saturated rings. The van der Waals surface area contributed by atoms with Crippen molar-refractivity contribution in [3.8, 4) is 5.88 Å². The van der Waals surface area contributed by atoms with Crippen molar-refractivity contribution in [2.75, 3.05) is 0 Å². The standard InChI is InChI=1S/C16H24N2O2/c1-11(2)18-14-8-15(9-14)20-16-7-6-13(10-17-16)5-4-12(3)19/h6-7,10-11,14-15,18H,4-5,8-9H2,1-3H3/t14-,15+. The molecule has 0 unspecified atom stereocenters. The van der Waals surface area contributed by atoms with Crippen molar-refractivity contribution in [3.63, 3.8) is 0 Å². The van der Waals surface area contributed by atoms with Gasteiger partial charge in [-0.25, -0.2) is 4.98 Å². The lowest BCUT2D eigenvalue weighted by Gasteiger charge is -2.36. The van der Waals surface area contributed by atoms with E-state index in [9.17, 15) is 4.79 Å². The van der Waals surface area contributed by atoms with E-state index in [-0.39, 0.29) is 11.9 Å². The van der Waals surface area contributed by atoms with E-state index in [1.165, 1.54) is 0 Å². The van der Waals surface area contributed by atoms with Crippen LogP contribution in [0.25, 0.3) is 0 Å². The Hall–Kier alpha value is -1.42. The number of carbonyl (C=O) groups excluding carboxylic acids is 1. The van der Waals surface area contributed by atoms with Crippen molar-refractivity contribution in [2.24, 2.45) is 0 Å². The maximum Gasteiger partial charge on any atom is 0.213 e. The summed E-state index contributed by atoms with van der Waals surface area (Å²) in [7, 11) is 0. The Morgan fingerprint density at radius 1 is 1.45 bits per heavy atom. The number of carbonyl (C=O) groups is 1. The van der Waals surface area contributed by atoms with Crippen LogP contribution >= 0.6 is 0 Å². The molecular weight excluding hydrogens is 252 g/mol. The topological polar surface area (TPSA) is 51.2 Å². The average molecular weight is 276 g/mol. The summed E-state index contributed by atoms with van der Waals surface area (Å²) in [5, 5.41) is 3.50. The van der Waals surface area contributed by atoms with E-state index in [2.05, 4.69) is 24.1 Å². The molecule has 20 heavy (non-hydrogen) atoms. The number of nitrogens with zero attached hydrogens (tertiary/aromatic N) is 1. The molecule has 0 amide bonds. The maximum atomic E-state index is 10.9. The van der Waals surface area contributed by atoms with Gasteiger partial charge in [-0.2, -0.15) is 0 Å². The molecule has 4 nitrogen and oxygen atoms in total. The van der Waals surface area contributed by atoms with Crippen molar-refractivity contribution in [1.82, 2.24) is 10.3 Å². The van der Waals surface area contributed by atoms with Gasteiger partial charge in [0.25, 0.3) is 0 Å². The number of aryl methyl sites for hydroxylation is 1. The molecule has 1 N–H and O–H groups in total. The highest BCUT2D eigenvalue weighted by Crippen LogP contribution is 2.25. The third kappa shape index (κ3) is 4.60. The van der Waals surface area contributed by atoms with Crippen molar-refractivity contribution >= 4 is 5.78 Å². The van der Waals surface area contributed by atoms with E-state index in [4.69, 9.17) is 4.74 Å². The Kier molecular flexibility index (Phi) is 5.12. The van der Waals surface area contributed by atoms with Gasteiger partial charge in [-0.3, -0.25) is 0 Å². The summed E-state index contributed by atoms with van der Waals surface area (Å²) in [6, 6.07) is 5.00. The summed E-state index contributed by atoms with van der Waals surface area (Å²) in [5.74, 6) is 0.896. The third-order valence-corrected chi connectivity index (χ3v) is 3.51. The SMILES string of the molecule is CC(=O)CCc1ccc(O[C@H]2C[C@@H](NC(C)C)C2)nc1. The lowest BCUT2D eigenvalue weighted by Crippen LogP contribution is -2.49. The monoisotopic (exact) mass is 276 g/mol. The number of ketones is 1. The smallest absolute Gasteiger partial charge is 0.213 e. The molecule has 1 aliphatic carbocycles. The molecule has 1 saturated carbocycles. The molecular formula is C16H24N2O2. The fourth-order valence-corrected chi connectivity index (χ4v) is 2.39. The van der Waals surface area contributed by atoms with E-state index < -0.39 is 0 Å². The van der Waals surface area contributed by atoms with Gasteiger partial charge in [-0.1, -0.05) is 19.9 Å². The summed E-state index contributed by atoms with van der Waals surface area (Å²) in [6.07, 6.45) is 5.51. The molecule has 1 aliphatic rings. The Balaban J connectivity index is 1.73. The second kappa shape index (κ2) is 6.84. The molecule has 0 aliphatic heterocycles. The second-order valence-corrected chi connectivity index (χ2v) is 5.94. The van der Waals surface area contributed by atoms with Gasteiger partial charge in [0.15, 0.2) is 0 Å². The summed E-state index contributed by atoms with van der Waals surface area (Å²) in [6.45, 7) is 5.94. The van der Waals surface area contributed by atoms with Gasteiger partial charge in [-0.05, 0) is 31.7 Å². The first-order valence-corrected chi connectivity index (χ1v) is 7.40. The minimum Gasteiger partial charge on any atom is -0.474 e. The first kappa shape index (κ1) is 15.0. The maximum absolute atomic E-state index is 10.9. The van der Waals surface area contributed by atoms with Gasteiger partial charge in [0.2, 0.25) is 5.88 Å². The molecule has 1 aromatic rings. The first-order valence-electron chi connectivity index (χ1n) is 7.40. The number of Topliss-reactive ketones (excluding diaryl/α,β-unsaturated/α-hetero) is 1. The number of nitrogens with one attached hydrogen (secondary N) is 1. The van der Waals surface area contributed by atoms with Crippen LogP contribution in [0.3, 0.4) is 0 Å². The number of pyridine rings is 1. The van der Waals surface area contributed by atoms with Crippen LogP contribution in [0.1, 0.15) is 45.6 Å². The molecule has 0 spiro atoms. The summed E-state index contributed by atoms with van der Waals surface area (Å²) >= 11 is 0. The van der Waals surface area contributed by atoms with Gasteiger partial charge >= 0.3 is 0 Å².